The van der Waals surface area contributed by atoms with E-state index in [9.17, 15) is 10.1 Å². The molecule has 1 heterocycles. The van der Waals surface area contributed by atoms with Crippen LogP contribution < -0.4 is 10.1 Å². The second-order valence-electron chi connectivity index (χ2n) is 7.70. The topological polar surface area (TPSA) is 64.4 Å². The van der Waals surface area contributed by atoms with Gasteiger partial charge in [0, 0.05) is 23.7 Å². The molecule has 1 N–H and O–H groups in total. The Balaban J connectivity index is 1.61. The highest BCUT2D eigenvalue weighted by atomic mass is 16.6. The van der Waals surface area contributed by atoms with E-state index in [1.807, 2.05) is 25.1 Å². The number of rotatable bonds is 4. The van der Waals surface area contributed by atoms with Crippen LogP contribution in [0.4, 0.5) is 11.4 Å². The third kappa shape index (κ3) is 2.94. The maximum absolute atomic E-state index is 11.4. The van der Waals surface area contributed by atoms with Crippen molar-refractivity contribution in [2.75, 3.05) is 11.9 Å². The van der Waals surface area contributed by atoms with Crippen molar-refractivity contribution in [2.45, 2.75) is 25.3 Å². The highest BCUT2D eigenvalue weighted by Gasteiger charge is 2.43. The molecule has 1 aliphatic heterocycles. The Bertz CT molecular complexity index is 1080. The van der Waals surface area contributed by atoms with Crippen LogP contribution in [-0.2, 0) is 6.42 Å². The molecule has 5 heteroatoms. The summed E-state index contributed by atoms with van der Waals surface area (Å²) in [4.78, 5) is 11.1. The molecule has 0 spiro atoms. The number of nitrogens with zero attached hydrogens (tertiary/aromatic N) is 1. The lowest BCUT2D eigenvalue weighted by molar-refractivity contribution is -0.384. The van der Waals surface area contributed by atoms with Crippen LogP contribution in [0.25, 0.3) is 0 Å². The second kappa shape index (κ2) is 6.92. The molecule has 3 aromatic rings. The zero-order chi connectivity index (χ0) is 20.0. The fourth-order valence-corrected chi connectivity index (χ4v) is 4.93. The molecule has 5 rings (SSSR count). The molecule has 0 saturated carbocycles. The van der Waals surface area contributed by atoms with E-state index in [0.717, 1.165) is 23.4 Å². The van der Waals surface area contributed by atoms with Gasteiger partial charge < -0.3 is 10.1 Å². The van der Waals surface area contributed by atoms with Gasteiger partial charge in [-0.05, 0) is 59.7 Å². The molecular formula is C24H22N2O3. The fraction of sp³-hybridized carbons (Fsp3) is 0.250. The Morgan fingerprint density at radius 3 is 2.62 bits per heavy atom. The van der Waals surface area contributed by atoms with Crippen LogP contribution in [0.15, 0.2) is 66.7 Å². The quantitative estimate of drug-likeness (QED) is 0.477. The van der Waals surface area contributed by atoms with Crippen LogP contribution >= 0.6 is 0 Å². The van der Waals surface area contributed by atoms with Crippen molar-refractivity contribution in [3.05, 3.63) is 99.1 Å². The molecule has 0 bridgehead atoms. The van der Waals surface area contributed by atoms with Crippen molar-refractivity contribution < 1.29 is 9.66 Å². The average molecular weight is 386 g/mol. The van der Waals surface area contributed by atoms with Gasteiger partial charge in [-0.3, -0.25) is 10.1 Å². The zero-order valence-electron chi connectivity index (χ0n) is 16.2. The summed E-state index contributed by atoms with van der Waals surface area (Å²) in [6, 6.07) is 22.1. The van der Waals surface area contributed by atoms with Crippen molar-refractivity contribution in [1.29, 1.82) is 0 Å². The normalized spacial score (nSPS) is 21.5. The van der Waals surface area contributed by atoms with Gasteiger partial charge in [0.15, 0.2) is 0 Å². The van der Waals surface area contributed by atoms with Crippen molar-refractivity contribution in [1.82, 2.24) is 0 Å². The number of nitro groups is 1. The van der Waals surface area contributed by atoms with Gasteiger partial charge in [0.05, 0.1) is 17.6 Å². The van der Waals surface area contributed by atoms with Gasteiger partial charge in [0.2, 0.25) is 0 Å². The van der Waals surface area contributed by atoms with E-state index < -0.39 is 0 Å². The van der Waals surface area contributed by atoms with Gasteiger partial charge in [-0.1, -0.05) is 36.4 Å². The SMILES string of the molecule is CCOc1ccc([C@@H]2Nc3ccc([N+](=O)[O-])cc3[C@H]3c4ccccc4C[C@H]32)cc1. The monoisotopic (exact) mass is 386 g/mol. The molecule has 3 aromatic carbocycles. The average Bonchev–Trinajstić information content (AvgIpc) is 3.13. The molecule has 3 atom stereocenters. The largest absolute Gasteiger partial charge is 0.494 e. The van der Waals surface area contributed by atoms with Crippen LogP contribution in [0.3, 0.4) is 0 Å². The molecule has 146 valence electrons. The summed E-state index contributed by atoms with van der Waals surface area (Å²) in [6.45, 7) is 2.63. The molecule has 0 aromatic heterocycles. The first kappa shape index (κ1) is 17.7. The Kier molecular flexibility index (Phi) is 4.23. The Hall–Kier alpha value is -3.34. The number of benzene rings is 3. The highest BCUT2D eigenvalue weighted by Crippen LogP contribution is 2.54. The summed E-state index contributed by atoms with van der Waals surface area (Å²) in [5, 5.41) is 15.0. The van der Waals surface area contributed by atoms with Gasteiger partial charge in [-0.2, -0.15) is 0 Å². The van der Waals surface area contributed by atoms with E-state index in [4.69, 9.17) is 4.74 Å². The Morgan fingerprint density at radius 2 is 1.86 bits per heavy atom. The Morgan fingerprint density at radius 1 is 1.07 bits per heavy atom. The van der Waals surface area contributed by atoms with E-state index in [1.165, 1.54) is 16.7 Å². The van der Waals surface area contributed by atoms with E-state index >= 15 is 0 Å². The first-order valence-corrected chi connectivity index (χ1v) is 10.0. The maximum atomic E-state index is 11.4. The standard InChI is InChI=1S/C24H22N2O3/c1-2-29-18-10-7-15(8-11-18)24-21-13-16-5-3-4-6-19(16)23(21)20-14-17(26(27)28)9-12-22(20)25-24/h3-12,14,21,23-25H,2,13H2,1H3/t21-,23-,24+/m1/s1. The molecule has 0 saturated heterocycles. The molecule has 29 heavy (non-hydrogen) atoms. The van der Waals surface area contributed by atoms with Crippen LogP contribution in [0.2, 0.25) is 0 Å². The number of nitrogens with one attached hydrogen (secondary N) is 1. The summed E-state index contributed by atoms with van der Waals surface area (Å²) in [5.74, 6) is 1.33. The van der Waals surface area contributed by atoms with Crippen LogP contribution in [0.1, 0.15) is 41.1 Å². The van der Waals surface area contributed by atoms with Crippen molar-refractivity contribution in [2.24, 2.45) is 5.92 Å². The lowest BCUT2D eigenvalue weighted by atomic mass is 9.75. The summed E-state index contributed by atoms with van der Waals surface area (Å²) in [6.07, 6.45) is 0.952. The van der Waals surface area contributed by atoms with Gasteiger partial charge in [0.25, 0.3) is 5.69 Å². The minimum Gasteiger partial charge on any atom is -0.494 e. The fourth-order valence-electron chi connectivity index (χ4n) is 4.93. The predicted octanol–water partition coefficient (Wildman–Crippen LogP) is 5.46. The Labute approximate surface area is 169 Å². The van der Waals surface area contributed by atoms with Crippen molar-refractivity contribution in [3.63, 3.8) is 0 Å². The number of nitro benzene ring substituents is 1. The van der Waals surface area contributed by atoms with Crippen LogP contribution in [-0.4, -0.2) is 11.5 Å². The number of fused-ring (bicyclic) bond motifs is 5. The van der Waals surface area contributed by atoms with Crippen LogP contribution in [0, 0.1) is 16.0 Å². The van der Waals surface area contributed by atoms with E-state index in [2.05, 4.69) is 41.7 Å². The highest BCUT2D eigenvalue weighted by molar-refractivity contribution is 5.65. The lowest BCUT2D eigenvalue weighted by Crippen LogP contribution is -2.30. The minimum atomic E-state index is -0.311. The number of anilines is 1. The predicted molar refractivity (Wildman–Crippen MR) is 113 cm³/mol. The molecular weight excluding hydrogens is 364 g/mol. The van der Waals surface area contributed by atoms with Crippen molar-refractivity contribution in [3.8, 4) is 5.75 Å². The van der Waals surface area contributed by atoms with Gasteiger partial charge in [-0.15, -0.1) is 0 Å². The number of hydrogen-bond donors (Lipinski definition) is 1. The van der Waals surface area contributed by atoms with Crippen LogP contribution in [0.5, 0.6) is 5.75 Å². The molecule has 0 amide bonds. The molecule has 5 nitrogen and oxygen atoms in total. The van der Waals surface area contributed by atoms with Gasteiger partial charge >= 0.3 is 0 Å². The molecule has 1 aliphatic carbocycles. The van der Waals surface area contributed by atoms with Gasteiger partial charge in [-0.25, -0.2) is 0 Å². The zero-order valence-corrected chi connectivity index (χ0v) is 16.2. The number of hydrogen-bond acceptors (Lipinski definition) is 4. The number of ether oxygens (including phenoxy) is 1. The first-order chi connectivity index (χ1) is 14.2. The second-order valence-corrected chi connectivity index (χ2v) is 7.70. The maximum Gasteiger partial charge on any atom is 0.269 e. The summed E-state index contributed by atoms with van der Waals surface area (Å²) >= 11 is 0. The molecule has 2 aliphatic rings. The smallest absolute Gasteiger partial charge is 0.269 e. The summed E-state index contributed by atoms with van der Waals surface area (Å²) in [7, 11) is 0. The van der Waals surface area contributed by atoms with E-state index in [-0.39, 0.29) is 22.6 Å². The minimum absolute atomic E-state index is 0.136. The van der Waals surface area contributed by atoms with Gasteiger partial charge in [0.1, 0.15) is 5.75 Å². The van der Waals surface area contributed by atoms with E-state index in [1.54, 1.807) is 12.1 Å². The summed E-state index contributed by atoms with van der Waals surface area (Å²) < 4.78 is 5.59. The van der Waals surface area contributed by atoms with Crippen molar-refractivity contribution >= 4 is 11.4 Å². The third-order valence-corrected chi connectivity index (χ3v) is 6.14. The molecule has 0 unspecified atom stereocenters. The third-order valence-electron chi connectivity index (χ3n) is 6.14. The van der Waals surface area contributed by atoms with E-state index in [0.29, 0.717) is 12.5 Å². The molecule has 0 fully saturated rings. The first-order valence-electron chi connectivity index (χ1n) is 10.0. The summed E-state index contributed by atoms with van der Waals surface area (Å²) in [5.41, 5.74) is 5.98. The lowest BCUT2D eigenvalue weighted by Gasteiger charge is -2.38. The molecule has 0 radical (unpaired) electrons. The number of non-ortho nitro benzene ring substituents is 1.